The minimum Gasteiger partial charge on any atom is -0.357 e. The maximum absolute atomic E-state index is 4.75. The molecule has 138 valence electrons. The molecule has 0 aliphatic carbocycles. The first kappa shape index (κ1) is 21.5. The number of aryl methyl sites for hydroxylation is 3. The van der Waals surface area contributed by atoms with Gasteiger partial charge in [0.25, 0.3) is 0 Å². The number of hydrogen-bond acceptors (Lipinski definition) is 2. The van der Waals surface area contributed by atoms with E-state index in [2.05, 4.69) is 66.7 Å². The fraction of sp³-hybridized carbons (Fsp3) is 0.474. The van der Waals surface area contributed by atoms with Gasteiger partial charge in [0.2, 0.25) is 0 Å². The second-order valence-electron chi connectivity index (χ2n) is 6.20. The van der Waals surface area contributed by atoms with Gasteiger partial charge in [-0.2, -0.15) is 5.10 Å². The summed E-state index contributed by atoms with van der Waals surface area (Å²) < 4.78 is 1.85. The van der Waals surface area contributed by atoms with E-state index in [1.165, 1.54) is 16.7 Å². The Hall–Kier alpha value is -1.57. The molecule has 1 aromatic heterocycles. The summed E-state index contributed by atoms with van der Waals surface area (Å²) in [6.07, 6.45) is 6.04. The molecule has 0 spiro atoms. The summed E-state index contributed by atoms with van der Waals surface area (Å²) in [5, 5.41) is 7.58. The van der Waals surface area contributed by atoms with Crippen molar-refractivity contribution >= 4 is 29.9 Å². The molecule has 0 radical (unpaired) electrons. The lowest BCUT2D eigenvalue weighted by Crippen LogP contribution is -2.38. The molecule has 5 nitrogen and oxygen atoms in total. The molecular formula is C19H30IN5. The summed E-state index contributed by atoms with van der Waals surface area (Å²) in [4.78, 5) is 6.93. The van der Waals surface area contributed by atoms with Crippen LogP contribution in [0.3, 0.4) is 0 Å². The summed E-state index contributed by atoms with van der Waals surface area (Å²) in [5.41, 5.74) is 3.85. The second kappa shape index (κ2) is 11.1. The van der Waals surface area contributed by atoms with Crippen molar-refractivity contribution in [3.63, 3.8) is 0 Å². The van der Waals surface area contributed by atoms with E-state index in [1.807, 2.05) is 17.9 Å². The van der Waals surface area contributed by atoms with Gasteiger partial charge in [-0.1, -0.05) is 29.8 Å². The second-order valence-corrected chi connectivity index (χ2v) is 6.20. The van der Waals surface area contributed by atoms with Crippen molar-refractivity contribution in [2.24, 2.45) is 12.0 Å². The highest BCUT2D eigenvalue weighted by Gasteiger charge is 2.06. The molecule has 0 saturated carbocycles. The highest BCUT2D eigenvalue weighted by Crippen LogP contribution is 2.06. The molecule has 0 fully saturated rings. The number of nitrogens with zero attached hydrogens (tertiary/aromatic N) is 4. The van der Waals surface area contributed by atoms with Crippen molar-refractivity contribution in [1.29, 1.82) is 0 Å². The van der Waals surface area contributed by atoms with E-state index in [0.29, 0.717) is 0 Å². The molecule has 1 N–H and O–H groups in total. The van der Waals surface area contributed by atoms with E-state index >= 15 is 0 Å². The molecule has 1 aromatic carbocycles. The number of aliphatic imine (C=N–C) groups is 1. The maximum atomic E-state index is 4.75. The third-order valence-electron chi connectivity index (χ3n) is 3.88. The minimum absolute atomic E-state index is 0. The van der Waals surface area contributed by atoms with Crippen LogP contribution in [0.25, 0.3) is 0 Å². The molecule has 0 saturated heterocycles. The smallest absolute Gasteiger partial charge is 0.193 e. The van der Waals surface area contributed by atoms with Gasteiger partial charge in [0.05, 0.1) is 6.20 Å². The number of benzene rings is 1. The zero-order valence-corrected chi connectivity index (χ0v) is 18.0. The van der Waals surface area contributed by atoms with Crippen molar-refractivity contribution in [2.45, 2.75) is 33.2 Å². The molecule has 2 rings (SSSR count). The number of aromatic nitrogens is 2. The van der Waals surface area contributed by atoms with Gasteiger partial charge in [0.15, 0.2) is 5.96 Å². The van der Waals surface area contributed by atoms with Gasteiger partial charge in [-0.15, -0.1) is 24.0 Å². The van der Waals surface area contributed by atoms with Crippen LogP contribution in [-0.4, -0.2) is 40.8 Å². The molecule has 0 aliphatic heterocycles. The Morgan fingerprint density at radius 3 is 2.56 bits per heavy atom. The largest absolute Gasteiger partial charge is 0.357 e. The lowest BCUT2D eigenvalue weighted by Gasteiger charge is -2.22. The van der Waals surface area contributed by atoms with Crippen LogP contribution in [0.15, 0.2) is 41.7 Å². The Kier molecular flexibility index (Phi) is 9.55. The molecule has 2 aromatic rings. The molecule has 0 amide bonds. The first-order valence-corrected chi connectivity index (χ1v) is 8.61. The first-order chi connectivity index (χ1) is 11.6. The summed E-state index contributed by atoms with van der Waals surface area (Å²) >= 11 is 0. The average molecular weight is 455 g/mol. The number of hydrogen-bond donors (Lipinski definition) is 1. The predicted molar refractivity (Wildman–Crippen MR) is 116 cm³/mol. The van der Waals surface area contributed by atoms with Crippen LogP contribution < -0.4 is 5.32 Å². The molecule has 6 heteroatoms. The Labute approximate surface area is 168 Å². The first-order valence-electron chi connectivity index (χ1n) is 8.61. The molecule has 0 aliphatic rings. The SMILES string of the molecule is CCNC(=NCCCc1cnn(C)c1)N(C)Cc1ccc(C)cc1.I. The van der Waals surface area contributed by atoms with E-state index in [1.54, 1.807) is 0 Å². The number of guanidine groups is 1. The number of nitrogens with one attached hydrogen (secondary N) is 1. The standard InChI is InChI=1S/C19H29N5.HI/c1-5-20-19(21-12-6-7-18-13-22-24(4)15-18)23(3)14-17-10-8-16(2)9-11-17;/h8-11,13,15H,5-7,12,14H2,1-4H3,(H,20,21);1H. The van der Waals surface area contributed by atoms with Crippen LogP contribution in [0.5, 0.6) is 0 Å². The number of rotatable bonds is 7. The van der Waals surface area contributed by atoms with Crippen LogP contribution in [0.1, 0.15) is 30.0 Å². The van der Waals surface area contributed by atoms with Gasteiger partial charge < -0.3 is 10.2 Å². The van der Waals surface area contributed by atoms with E-state index in [-0.39, 0.29) is 24.0 Å². The monoisotopic (exact) mass is 455 g/mol. The molecule has 0 bridgehead atoms. The summed E-state index contributed by atoms with van der Waals surface area (Å²) in [6, 6.07) is 8.66. The van der Waals surface area contributed by atoms with E-state index in [4.69, 9.17) is 4.99 Å². The Morgan fingerprint density at radius 2 is 1.96 bits per heavy atom. The van der Waals surface area contributed by atoms with Crippen LogP contribution in [-0.2, 0) is 20.0 Å². The fourth-order valence-electron chi connectivity index (χ4n) is 2.58. The van der Waals surface area contributed by atoms with Gasteiger partial charge in [0.1, 0.15) is 0 Å². The Bertz CT molecular complexity index is 648. The zero-order chi connectivity index (χ0) is 17.4. The van der Waals surface area contributed by atoms with Gasteiger partial charge >= 0.3 is 0 Å². The fourth-order valence-corrected chi connectivity index (χ4v) is 2.58. The highest BCUT2D eigenvalue weighted by molar-refractivity contribution is 14.0. The average Bonchev–Trinajstić information content (AvgIpc) is 2.98. The minimum atomic E-state index is 0. The normalized spacial score (nSPS) is 11.1. The lowest BCUT2D eigenvalue weighted by molar-refractivity contribution is 0.476. The quantitative estimate of drug-likeness (QED) is 0.302. The molecule has 0 atom stereocenters. The third kappa shape index (κ3) is 7.46. The van der Waals surface area contributed by atoms with Crippen LogP contribution in [0, 0.1) is 6.92 Å². The van der Waals surface area contributed by atoms with Crippen LogP contribution >= 0.6 is 24.0 Å². The Morgan fingerprint density at radius 1 is 1.24 bits per heavy atom. The van der Waals surface area contributed by atoms with Crippen molar-refractivity contribution in [3.05, 3.63) is 53.3 Å². The maximum Gasteiger partial charge on any atom is 0.193 e. The summed E-state index contributed by atoms with van der Waals surface area (Å²) in [6.45, 7) is 6.76. The van der Waals surface area contributed by atoms with Crippen molar-refractivity contribution in [3.8, 4) is 0 Å². The third-order valence-corrected chi connectivity index (χ3v) is 3.88. The highest BCUT2D eigenvalue weighted by atomic mass is 127. The summed E-state index contributed by atoms with van der Waals surface area (Å²) in [5.74, 6) is 0.962. The molecule has 1 heterocycles. The van der Waals surface area contributed by atoms with E-state index < -0.39 is 0 Å². The van der Waals surface area contributed by atoms with Gasteiger partial charge in [0, 0.05) is 39.9 Å². The van der Waals surface area contributed by atoms with Gasteiger partial charge in [-0.05, 0) is 37.8 Å². The van der Waals surface area contributed by atoms with Crippen molar-refractivity contribution in [2.75, 3.05) is 20.1 Å². The van der Waals surface area contributed by atoms with Crippen LogP contribution in [0.4, 0.5) is 0 Å². The predicted octanol–water partition coefficient (Wildman–Crippen LogP) is 3.38. The topological polar surface area (TPSA) is 45.5 Å². The van der Waals surface area contributed by atoms with Crippen molar-refractivity contribution in [1.82, 2.24) is 20.0 Å². The van der Waals surface area contributed by atoms with Gasteiger partial charge in [-0.25, -0.2) is 0 Å². The summed E-state index contributed by atoms with van der Waals surface area (Å²) in [7, 11) is 4.04. The molecule has 0 unspecified atom stereocenters. The molecule has 25 heavy (non-hydrogen) atoms. The Balaban J connectivity index is 0.00000312. The van der Waals surface area contributed by atoms with Gasteiger partial charge in [-0.3, -0.25) is 9.67 Å². The molecular weight excluding hydrogens is 425 g/mol. The van der Waals surface area contributed by atoms with E-state index in [9.17, 15) is 0 Å². The van der Waals surface area contributed by atoms with Crippen molar-refractivity contribution < 1.29 is 0 Å². The van der Waals surface area contributed by atoms with E-state index in [0.717, 1.165) is 38.4 Å². The van der Waals surface area contributed by atoms with Crippen LogP contribution in [0.2, 0.25) is 0 Å². The lowest BCUT2D eigenvalue weighted by atomic mass is 10.1. The number of halogens is 1. The zero-order valence-electron chi connectivity index (χ0n) is 15.7.